The lowest BCUT2D eigenvalue weighted by Gasteiger charge is -2.44. The van der Waals surface area contributed by atoms with E-state index >= 15 is 0 Å². The van der Waals surface area contributed by atoms with Gasteiger partial charge in [-0.1, -0.05) is 0 Å². The quantitative estimate of drug-likeness (QED) is 0.429. The highest BCUT2D eigenvalue weighted by molar-refractivity contribution is 5.78. The molecule has 0 amide bonds. The second-order valence-electron chi connectivity index (χ2n) is 13.3. The van der Waals surface area contributed by atoms with Crippen molar-refractivity contribution < 1.29 is 48.0 Å². The van der Waals surface area contributed by atoms with Crippen molar-refractivity contribution in [1.82, 2.24) is 0 Å². The Morgan fingerprint density at radius 1 is 0.583 bits per heavy atom. The number of ether oxygens (including phenoxy) is 5. The van der Waals surface area contributed by atoms with Gasteiger partial charge in [0.1, 0.15) is 12.7 Å². The third kappa shape index (κ3) is 8.73. The molecule has 208 valence electrons. The minimum atomic E-state index is -1.75. The smallest absolute Gasteiger partial charge is 0.311 e. The minimum absolute atomic E-state index is 0.404. The van der Waals surface area contributed by atoms with E-state index in [0.717, 1.165) is 0 Å². The van der Waals surface area contributed by atoms with Gasteiger partial charge in [0.15, 0.2) is 24.6 Å². The maximum absolute atomic E-state index is 12.9. The van der Waals surface area contributed by atoms with Gasteiger partial charge >= 0.3 is 23.9 Å². The molecule has 3 unspecified atom stereocenters. The molecular formula is C26H44O10. The molecule has 1 heterocycles. The van der Waals surface area contributed by atoms with Crippen LogP contribution in [0.3, 0.4) is 0 Å². The molecule has 0 radical (unpaired) electrons. The predicted molar refractivity (Wildman–Crippen MR) is 129 cm³/mol. The molecule has 1 fully saturated rings. The third-order valence-electron chi connectivity index (χ3n) is 5.17. The maximum Gasteiger partial charge on any atom is 0.311 e. The number of rotatable bonds is 5. The minimum Gasteiger partial charge on any atom is -0.462 e. The van der Waals surface area contributed by atoms with Crippen molar-refractivity contribution in [1.29, 1.82) is 0 Å². The van der Waals surface area contributed by atoms with Gasteiger partial charge in [-0.05, 0) is 83.1 Å². The van der Waals surface area contributed by atoms with Crippen LogP contribution in [0, 0.1) is 21.7 Å². The van der Waals surface area contributed by atoms with Crippen molar-refractivity contribution >= 4 is 23.9 Å². The zero-order valence-electron chi connectivity index (χ0n) is 23.7. The Morgan fingerprint density at radius 3 is 1.28 bits per heavy atom. The van der Waals surface area contributed by atoms with Crippen LogP contribution >= 0.6 is 0 Å². The van der Waals surface area contributed by atoms with Crippen LogP contribution in [0.25, 0.3) is 0 Å². The number of aliphatic hydroxyl groups excluding tert-OH is 1. The Morgan fingerprint density at radius 2 is 0.917 bits per heavy atom. The molecule has 0 bridgehead atoms. The Hall–Kier alpha value is -2.20. The molecule has 10 nitrogen and oxygen atoms in total. The Kier molecular flexibility index (Phi) is 9.77. The SMILES string of the molecule is CC(C)(C)C(=O)OCC1O[C@H](O)C(OC(=O)C(C)(C)C)C(OC(=O)C(C)(C)C)[C@@H]1OC(=O)C(C)(C)C. The van der Waals surface area contributed by atoms with Gasteiger partial charge in [-0.25, -0.2) is 0 Å². The van der Waals surface area contributed by atoms with Gasteiger partial charge in [0.2, 0.25) is 0 Å². The maximum atomic E-state index is 12.9. The van der Waals surface area contributed by atoms with E-state index in [1.807, 2.05) is 0 Å². The third-order valence-corrected chi connectivity index (χ3v) is 5.17. The van der Waals surface area contributed by atoms with Crippen LogP contribution in [-0.4, -0.2) is 66.3 Å². The lowest BCUT2D eigenvalue weighted by Crippen LogP contribution is -2.63. The second-order valence-corrected chi connectivity index (χ2v) is 13.3. The molecule has 5 atom stereocenters. The summed E-state index contributed by atoms with van der Waals surface area (Å²) in [6.07, 6.45) is -7.25. The highest BCUT2D eigenvalue weighted by atomic mass is 16.7. The normalized spacial score (nSPS) is 25.5. The fourth-order valence-electron chi connectivity index (χ4n) is 2.71. The largest absolute Gasteiger partial charge is 0.462 e. The van der Waals surface area contributed by atoms with Crippen LogP contribution in [0.4, 0.5) is 0 Å². The summed E-state index contributed by atoms with van der Waals surface area (Å²) in [5.41, 5.74) is -3.68. The Bertz CT molecular complexity index is 820. The van der Waals surface area contributed by atoms with E-state index < -0.39 is 82.8 Å². The molecular weight excluding hydrogens is 472 g/mol. The molecule has 0 saturated carbocycles. The summed E-state index contributed by atoms with van der Waals surface area (Å²) < 4.78 is 28.0. The molecule has 0 spiro atoms. The average Bonchev–Trinajstić information content (AvgIpc) is 2.67. The van der Waals surface area contributed by atoms with E-state index in [0.29, 0.717) is 0 Å². The van der Waals surface area contributed by atoms with Crippen LogP contribution in [0.15, 0.2) is 0 Å². The van der Waals surface area contributed by atoms with Gasteiger partial charge < -0.3 is 28.8 Å². The number of hydrogen-bond donors (Lipinski definition) is 1. The number of esters is 4. The van der Waals surface area contributed by atoms with Gasteiger partial charge in [0.05, 0.1) is 21.7 Å². The zero-order chi connectivity index (χ0) is 28.4. The fourth-order valence-corrected chi connectivity index (χ4v) is 2.71. The molecule has 0 aliphatic carbocycles. The summed E-state index contributed by atoms with van der Waals surface area (Å²) in [6, 6.07) is 0. The predicted octanol–water partition coefficient (Wildman–Crippen LogP) is 3.17. The van der Waals surface area contributed by atoms with Crippen LogP contribution in [0.2, 0.25) is 0 Å². The first kappa shape index (κ1) is 31.8. The van der Waals surface area contributed by atoms with Gasteiger partial charge in [-0.3, -0.25) is 19.2 Å². The first-order valence-electron chi connectivity index (χ1n) is 12.1. The van der Waals surface area contributed by atoms with Crippen LogP contribution in [0.5, 0.6) is 0 Å². The van der Waals surface area contributed by atoms with Crippen molar-refractivity contribution in [3.63, 3.8) is 0 Å². The molecule has 1 saturated heterocycles. The number of carbonyl (C=O) groups is 4. The van der Waals surface area contributed by atoms with Gasteiger partial charge in [0.25, 0.3) is 0 Å². The fraction of sp³-hybridized carbons (Fsp3) is 0.846. The second kappa shape index (κ2) is 11.0. The van der Waals surface area contributed by atoms with E-state index in [4.69, 9.17) is 23.7 Å². The number of carbonyl (C=O) groups excluding carboxylic acids is 4. The van der Waals surface area contributed by atoms with Crippen molar-refractivity contribution in [2.45, 2.75) is 114 Å². The Labute approximate surface area is 214 Å². The van der Waals surface area contributed by atoms with E-state index in [2.05, 4.69) is 0 Å². The lowest BCUT2D eigenvalue weighted by atomic mass is 9.93. The van der Waals surface area contributed by atoms with E-state index in [9.17, 15) is 24.3 Å². The highest BCUT2D eigenvalue weighted by Crippen LogP contribution is 2.33. The molecule has 0 aromatic rings. The first-order valence-corrected chi connectivity index (χ1v) is 12.1. The summed E-state index contributed by atoms with van der Waals surface area (Å²) in [6.45, 7) is 19.2. The van der Waals surface area contributed by atoms with Gasteiger partial charge in [-0.15, -0.1) is 0 Å². The molecule has 1 N–H and O–H groups in total. The van der Waals surface area contributed by atoms with Crippen molar-refractivity contribution in [2.75, 3.05) is 6.61 Å². The van der Waals surface area contributed by atoms with Crippen molar-refractivity contribution in [3.8, 4) is 0 Å². The summed E-state index contributed by atoms with van der Waals surface area (Å²) in [5, 5.41) is 10.8. The van der Waals surface area contributed by atoms with Gasteiger partial charge in [-0.2, -0.15) is 0 Å². The Balaban J connectivity index is 3.50. The molecule has 10 heteroatoms. The summed E-state index contributed by atoms with van der Waals surface area (Å²) in [5.74, 6) is -2.57. The van der Waals surface area contributed by atoms with E-state index in [-0.39, 0.29) is 0 Å². The van der Waals surface area contributed by atoms with Crippen LogP contribution in [0.1, 0.15) is 83.1 Å². The zero-order valence-corrected chi connectivity index (χ0v) is 23.7. The monoisotopic (exact) mass is 516 g/mol. The molecule has 1 rings (SSSR count). The molecule has 0 aromatic heterocycles. The number of hydrogen-bond acceptors (Lipinski definition) is 10. The topological polar surface area (TPSA) is 135 Å². The standard InChI is InChI=1S/C26H44O10/c1-23(2,3)19(28)32-13-14-15(34-20(29)24(4,5)6)16(35-21(30)25(7,8)9)17(18(27)33-14)36-22(31)26(10,11)12/h14-18,27H,13H2,1-12H3/t14?,15-,16?,17?,18+/m1/s1. The molecule has 1 aliphatic heterocycles. The highest BCUT2D eigenvalue weighted by Gasteiger charge is 2.54. The molecule has 0 aromatic carbocycles. The van der Waals surface area contributed by atoms with E-state index in [1.165, 1.54) is 0 Å². The van der Waals surface area contributed by atoms with Crippen molar-refractivity contribution in [2.24, 2.45) is 21.7 Å². The summed E-state index contributed by atoms with van der Waals surface area (Å²) in [7, 11) is 0. The van der Waals surface area contributed by atoms with Gasteiger partial charge in [0, 0.05) is 0 Å². The molecule has 1 aliphatic rings. The summed E-state index contributed by atoms with van der Waals surface area (Å²) >= 11 is 0. The van der Waals surface area contributed by atoms with Crippen LogP contribution in [-0.2, 0) is 42.9 Å². The number of aliphatic hydroxyl groups is 1. The summed E-state index contributed by atoms with van der Waals surface area (Å²) in [4.78, 5) is 50.8. The van der Waals surface area contributed by atoms with E-state index in [1.54, 1.807) is 83.1 Å². The van der Waals surface area contributed by atoms with Crippen molar-refractivity contribution in [3.05, 3.63) is 0 Å². The lowest BCUT2D eigenvalue weighted by molar-refractivity contribution is -0.300. The first-order chi connectivity index (χ1) is 16.0. The van der Waals surface area contributed by atoms with Crippen LogP contribution < -0.4 is 0 Å². The average molecular weight is 517 g/mol. The molecule has 36 heavy (non-hydrogen) atoms.